The third-order valence-electron chi connectivity index (χ3n) is 0.896. The molecule has 0 fully saturated rings. The zero-order valence-corrected chi connectivity index (χ0v) is 6.70. The van der Waals surface area contributed by atoms with E-state index in [1.54, 1.807) is 0 Å². The number of carbonyl (C=O) groups is 1. The zero-order valence-electron chi connectivity index (χ0n) is 5.88. The largest absolute Gasteiger partial charge is 0.480 e. The van der Waals surface area contributed by atoms with Crippen LogP contribution in [0, 0.1) is 0 Å². The number of hydrogen-bond donors (Lipinski definition) is 2. The van der Waals surface area contributed by atoms with Gasteiger partial charge in [0.25, 0.3) is 0 Å². The van der Waals surface area contributed by atoms with E-state index in [4.69, 9.17) is 10.8 Å². The van der Waals surface area contributed by atoms with Crippen molar-refractivity contribution in [3.05, 3.63) is 0 Å². The summed E-state index contributed by atoms with van der Waals surface area (Å²) in [4.78, 5) is 9.92. The molecule has 0 aliphatic rings. The van der Waals surface area contributed by atoms with Crippen molar-refractivity contribution >= 4 is 18.4 Å². The van der Waals surface area contributed by atoms with E-state index in [0.29, 0.717) is 6.92 Å². The highest BCUT2D eigenvalue weighted by Gasteiger charge is 2.28. The van der Waals surface area contributed by atoms with Gasteiger partial charge in [0, 0.05) is 6.42 Å². The fourth-order valence-corrected chi connectivity index (χ4v) is 0.473. The molecule has 1 atom stereocenters. The van der Waals surface area contributed by atoms with E-state index in [9.17, 15) is 13.6 Å². The Morgan fingerprint density at radius 2 is 2.09 bits per heavy atom. The van der Waals surface area contributed by atoms with E-state index < -0.39 is 24.4 Å². The Kier molecular flexibility index (Phi) is 5.34. The normalized spacial score (nSPS) is 13.5. The summed E-state index contributed by atoms with van der Waals surface area (Å²) in [5, 5.41) is 8.09. The Bertz CT molecular complexity index is 137. The van der Waals surface area contributed by atoms with E-state index in [2.05, 4.69) is 0 Å². The van der Waals surface area contributed by atoms with Crippen LogP contribution in [0.25, 0.3) is 0 Å². The molecule has 0 spiro atoms. The van der Waals surface area contributed by atoms with Crippen LogP contribution in [0.15, 0.2) is 0 Å². The fourth-order valence-electron chi connectivity index (χ4n) is 0.473. The van der Waals surface area contributed by atoms with Gasteiger partial charge in [-0.1, -0.05) is 0 Å². The lowest BCUT2D eigenvalue weighted by molar-refractivity contribution is -0.140. The molecule has 0 amide bonds. The van der Waals surface area contributed by atoms with Crippen molar-refractivity contribution in [1.82, 2.24) is 0 Å². The predicted octanol–water partition coefficient (Wildman–Crippen LogP) is 0.865. The van der Waals surface area contributed by atoms with Gasteiger partial charge >= 0.3 is 5.97 Å². The van der Waals surface area contributed by atoms with Gasteiger partial charge in [0.1, 0.15) is 6.04 Å². The van der Waals surface area contributed by atoms with Crippen LogP contribution in [-0.2, 0) is 4.79 Å². The van der Waals surface area contributed by atoms with Crippen molar-refractivity contribution in [1.29, 1.82) is 0 Å². The third-order valence-corrected chi connectivity index (χ3v) is 0.896. The summed E-state index contributed by atoms with van der Waals surface area (Å²) in [6.07, 6.45) is -0.817. The van der Waals surface area contributed by atoms with Crippen molar-refractivity contribution in [3.8, 4) is 0 Å². The van der Waals surface area contributed by atoms with Crippen molar-refractivity contribution < 1.29 is 18.7 Å². The topological polar surface area (TPSA) is 63.3 Å². The number of hydrogen-bond acceptors (Lipinski definition) is 2. The molecular weight excluding hydrogens is 180 g/mol. The maximum atomic E-state index is 12.0. The Morgan fingerprint density at radius 3 is 2.18 bits per heavy atom. The standard InChI is InChI=1S/C5H9F2NO2.ClH/c1-5(6,7)2-3(8)4(9)10;/h3H,2,8H2,1H3,(H,9,10);1H/t3-;/m0./s1. The van der Waals surface area contributed by atoms with Crippen LogP contribution in [0.3, 0.4) is 0 Å². The molecule has 3 nitrogen and oxygen atoms in total. The molecule has 0 rings (SSSR count). The van der Waals surface area contributed by atoms with Crippen LogP contribution in [0.5, 0.6) is 0 Å². The summed E-state index contributed by atoms with van der Waals surface area (Å²) in [7, 11) is 0. The van der Waals surface area contributed by atoms with E-state index >= 15 is 0 Å². The van der Waals surface area contributed by atoms with Crippen molar-refractivity contribution in [3.63, 3.8) is 0 Å². The van der Waals surface area contributed by atoms with E-state index in [-0.39, 0.29) is 12.4 Å². The fraction of sp³-hybridized carbons (Fsp3) is 0.800. The number of aliphatic carboxylic acids is 1. The summed E-state index contributed by atoms with van der Waals surface area (Å²) in [5.41, 5.74) is 4.82. The molecule has 0 radical (unpaired) electrons. The Balaban J connectivity index is 0. The highest BCUT2D eigenvalue weighted by atomic mass is 35.5. The number of carboxylic acids is 1. The van der Waals surface area contributed by atoms with Gasteiger partial charge in [-0.25, -0.2) is 8.78 Å². The number of alkyl halides is 2. The van der Waals surface area contributed by atoms with Crippen LogP contribution in [0.4, 0.5) is 8.78 Å². The van der Waals surface area contributed by atoms with Crippen molar-refractivity contribution in [2.75, 3.05) is 0 Å². The molecule has 0 saturated carbocycles. The van der Waals surface area contributed by atoms with E-state index in [0.717, 1.165) is 0 Å². The molecule has 0 aromatic heterocycles. The summed E-state index contributed by atoms with van der Waals surface area (Å²) < 4.78 is 24.0. The first-order valence-corrected chi connectivity index (χ1v) is 2.69. The highest BCUT2D eigenvalue weighted by Crippen LogP contribution is 2.17. The molecule has 0 aromatic rings. The number of halogens is 3. The zero-order chi connectivity index (χ0) is 8.36. The first-order valence-electron chi connectivity index (χ1n) is 2.69. The number of nitrogens with two attached hydrogens (primary N) is 1. The van der Waals surface area contributed by atoms with E-state index in [1.165, 1.54) is 0 Å². The number of rotatable bonds is 3. The van der Waals surface area contributed by atoms with Crippen molar-refractivity contribution in [2.45, 2.75) is 25.3 Å². The minimum absolute atomic E-state index is 0. The molecule has 68 valence electrons. The highest BCUT2D eigenvalue weighted by molar-refractivity contribution is 5.85. The van der Waals surface area contributed by atoms with Gasteiger partial charge in [0.2, 0.25) is 5.92 Å². The van der Waals surface area contributed by atoms with Gasteiger partial charge in [0.15, 0.2) is 0 Å². The van der Waals surface area contributed by atoms with Crippen LogP contribution < -0.4 is 5.73 Å². The van der Waals surface area contributed by atoms with Gasteiger partial charge in [-0.05, 0) is 6.92 Å². The molecule has 0 unspecified atom stereocenters. The monoisotopic (exact) mass is 189 g/mol. The first-order chi connectivity index (χ1) is 4.33. The smallest absolute Gasteiger partial charge is 0.320 e. The molecule has 3 N–H and O–H groups in total. The second-order valence-corrected chi connectivity index (χ2v) is 2.22. The molecule has 0 heterocycles. The molecule has 11 heavy (non-hydrogen) atoms. The van der Waals surface area contributed by atoms with Crippen LogP contribution in [0.2, 0.25) is 0 Å². The summed E-state index contributed by atoms with van der Waals surface area (Å²) in [6, 6.07) is -1.47. The lowest BCUT2D eigenvalue weighted by atomic mass is 10.1. The summed E-state index contributed by atoms with van der Waals surface area (Å²) >= 11 is 0. The van der Waals surface area contributed by atoms with Gasteiger partial charge in [-0.2, -0.15) is 0 Å². The minimum Gasteiger partial charge on any atom is -0.480 e. The molecule has 0 aromatic carbocycles. The van der Waals surface area contributed by atoms with Gasteiger partial charge < -0.3 is 10.8 Å². The number of carboxylic acid groups (broad SMARTS) is 1. The molecule has 0 bridgehead atoms. The van der Waals surface area contributed by atoms with Crippen LogP contribution in [0.1, 0.15) is 13.3 Å². The molecule has 0 saturated heterocycles. The molecule has 6 heteroatoms. The maximum absolute atomic E-state index is 12.0. The quantitative estimate of drug-likeness (QED) is 0.692. The summed E-state index contributed by atoms with van der Waals surface area (Å²) in [5.74, 6) is -4.40. The lowest BCUT2D eigenvalue weighted by Gasteiger charge is -2.12. The molecule has 0 aliphatic carbocycles. The van der Waals surface area contributed by atoms with E-state index in [1.807, 2.05) is 0 Å². The molecular formula is C5H10ClF2NO2. The average Bonchev–Trinajstić information content (AvgIpc) is 1.60. The average molecular weight is 190 g/mol. The predicted molar refractivity (Wildman–Crippen MR) is 38.1 cm³/mol. The second-order valence-electron chi connectivity index (χ2n) is 2.22. The van der Waals surface area contributed by atoms with Gasteiger partial charge in [-0.3, -0.25) is 4.79 Å². The van der Waals surface area contributed by atoms with Crippen molar-refractivity contribution in [2.24, 2.45) is 5.73 Å². The maximum Gasteiger partial charge on any atom is 0.320 e. The SMILES string of the molecule is CC(F)(F)C[C@H](N)C(=O)O.Cl. The summed E-state index contributed by atoms with van der Waals surface area (Å²) in [6.45, 7) is 0.635. The first kappa shape index (κ1) is 13.2. The van der Waals surface area contributed by atoms with Gasteiger partial charge in [0.05, 0.1) is 0 Å². The van der Waals surface area contributed by atoms with Crippen LogP contribution in [-0.4, -0.2) is 23.0 Å². The Hall–Kier alpha value is -0.420. The Labute approximate surface area is 69.0 Å². The Morgan fingerprint density at radius 1 is 1.73 bits per heavy atom. The van der Waals surface area contributed by atoms with Crippen LogP contribution >= 0.6 is 12.4 Å². The minimum atomic E-state index is -3.00. The second kappa shape index (κ2) is 4.46. The third kappa shape index (κ3) is 7.48. The lowest BCUT2D eigenvalue weighted by Crippen LogP contribution is -2.35. The van der Waals surface area contributed by atoms with Gasteiger partial charge in [-0.15, -0.1) is 12.4 Å². The molecule has 0 aliphatic heterocycles.